The van der Waals surface area contributed by atoms with Crippen LogP contribution < -0.4 is 0 Å². The zero-order valence-electron chi connectivity index (χ0n) is 12.6. The smallest absolute Gasteiger partial charge is 0.306 e. The number of esters is 2. The van der Waals surface area contributed by atoms with E-state index in [1.54, 1.807) is 0 Å². The van der Waals surface area contributed by atoms with E-state index in [0.717, 1.165) is 0 Å². The number of ether oxygens (including phenoxy) is 4. The summed E-state index contributed by atoms with van der Waals surface area (Å²) in [5.74, 6) is -1.16. The lowest BCUT2D eigenvalue weighted by atomic mass is 10.1. The third-order valence-corrected chi connectivity index (χ3v) is 3.96. The second-order valence-electron chi connectivity index (χ2n) is 5.36. The summed E-state index contributed by atoms with van der Waals surface area (Å²) >= 11 is 10.3. The van der Waals surface area contributed by atoms with Crippen LogP contribution in [-0.4, -0.2) is 60.1 Å². The largest absolute Gasteiger partial charge is 0.457 e. The lowest BCUT2D eigenvalue weighted by molar-refractivity contribution is -0.156. The summed E-state index contributed by atoms with van der Waals surface area (Å²) < 4.78 is 21.4. The molecular weight excluding hydrogens is 367 g/mol. The minimum absolute atomic E-state index is 0.101. The van der Waals surface area contributed by atoms with Crippen LogP contribution in [0, 0.1) is 0 Å². The van der Waals surface area contributed by atoms with Gasteiger partial charge in [0.15, 0.2) is 12.2 Å². The van der Waals surface area contributed by atoms with Gasteiger partial charge in [-0.25, -0.2) is 0 Å². The van der Waals surface area contributed by atoms with E-state index in [-0.39, 0.29) is 38.9 Å². The van der Waals surface area contributed by atoms with Crippen LogP contribution in [0.3, 0.4) is 0 Å². The number of carbonyl (C=O) groups is 4. The van der Waals surface area contributed by atoms with Crippen molar-refractivity contribution in [2.45, 2.75) is 50.1 Å². The highest BCUT2D eigenvalue weighted by Crippen LogP contribution is 2.31. The highest BCUT2D eigenvalue weighted by atomic mass is 35.5. The second kappa shape index (κ2) is 8.75. The van der Waals surface area contributed by atoms with Crippen LogP contribution in [-0.2, 0) is 38.1 Å². The Morgan fingerprint density at radius 1 is 0.750 bits per heavy atom. The number of carbonyl (C=O) groups excluding carboxylic acids is 4. The minimum Gasteiger partial charge on any atom is -0.457 e. The summed E-state index contributed by atoms with van der Waals surface area (Å²) in [6, 6.07) is 0. The number of hydrogen-bond donors (Lipinski definition) is 0. The molecular formula is C14H16Cl2O8. The van der Waals surface area contributed by atoms with Crippen molar-refractivity contribution in [3.05, 3.63) is 0 Å². The van der Waals surface area contributed by atoms with Gasteiger partial charge in [0.25, 0.3) is 0 Å². The molecule has 2 fully saturated rings. The van der Waals surface area contributed by atoms with Crippen LogP contribution in [0.2, 0.25) is 0 Å². The van der Waals surface area contributed by atoms with Crippen LogP contribution in [0.25, 0.3) is 0 Å². The minimum atomic E-state index is -0.638. The van der Waals surface area contributed by atoms with Crippen LogP contribution >= 0.6 is 23.2 Å². The monoisotopic (exact) mass is 382 g/mol. The molecule has 0 aliphatic carbocycles. The van der Waals surface area contributed by atoms with Crippen molar-refractivity contribution in [3.63, 3.8) is 0 Å². The first-order chi connectivity index (χ1) is 11.4. The van der Waals surface area contributed by atoms with Crippen LogP contribution in [0.15, 0.2) is 0 Å². The molecule has 2 aliphatic rings. The molecule has 10 heteroatoms. The molecule has 0 N–H and O–H groups in total. The van der Waals surface area contributed by atoms with Gasteiger partial charge in [-0.2, -0.15) is 0 Å². The van der Waals surface area contributed by atoms with E-state index in [9.17, 15) is 19.2 Å². The van der Waals surface area contributed by atoms with Crippen molar-refractivity contribution in [1.29, 1.82) is 0 Å². The van der Waals surface area contributed by atoms with E-state index in [2.05, 4.69) is 0 Å². The summed E-state index contributed by atoms with van der Waals surface area (Å²) in [5, 5.41) is -1.24. The lowest BCUT2D eigenvalue weighted by Crippen LogP contribution is -2.36. The van der Waals surface area contributed by atoms with Crippen molar-refractivity contribution in [2.24, 2.45) is 0 Å². The number of rotatable bonds is 8. The van der Waals surface area contributed by atoms with Gasteiger partial charge in [-0.1, -0.05) is 0 Å². The Morgan fingerprint density at radius 3 is 1.46 bits per heavy atom. The standard InChI is InChI=1S/C14H16Cl2O8/c15-9(17)1-3-11(19)23-7-5-21-14-8(6-22-13(7)14)24-12(20)4-2-10(16)18/h7-8,13-14H,1-6H2/t7-,8+,13-,14-/m1/s1. The lowest BCUT2D eigenvalue weighted by Gasteiger charge is -2.17. The molecule has 0 saturated carbocycles. The van der Waals surface area contributed by atoms with Crippen molar-refractivity contribution in [1.82, 2.24) is 0 Å². The summed E-state index contributed by atoms with van der Waals surface area (Å²) in [6.45, 7) is 0.203. The third-order valence-electron chi connectivity index (χ3n) is 3.58. The molecule has 134 valence electrons. The fraction of sp³-hybridized carbons (Fsp3) is 0.714. The molecule has 0 aromatic heterocycles. The molecule has 4 atom stereocenters. The quantitative estimate of drug-likeness (QED) is 0.446. The molecule has 2 heterocycles. The fourth-order valence-corrected chi connectivity index (χ4v) is 2.68. The SMILES string of the molecule is O=C(Cl)CCC(=O)O[C@H]1CO[C@H]2[C@@H]1OC[C@H]2OC(=O)CCC(=O)Cl. The predicted molar refractivity (Wildman–Crippen MR) is 79.4 cm³/mol. The summed E-state index contributed by atoms with van der Waals surface area (Å²) in [5.41, 5.74) is 0. The zero-order valence-corrected chi connectivity index (χ0v) is 14.1. The average molecular weight is 383 g/mol. The van der Waals surface area contributed by atoms with E-state index < -0.39 is 46.8 Å². The van der Waals surface area contributed by atoms with Gasteiger partial charge < -0.3 is 18.9 Å². The Balaban J connectivity index is 1.78. The molecule has 2 saturated heterocycles. The number of fused-ring (bicyclic) bond motifs is 1. The van der Waals surface area contributed by atoms with Crippen molar-refractivity contribution < 1.29 is 38.1 Å². The Labute approximate surface area is 147 Å². The molecule has 0 amide bonds. The highest BCUT2D eigenvalue weighted by molar-refractivity contribution is 6.63. The van der Waals surface area contributed by atoms with Crippen molar-refractivity contribution >= 4 is 45.6 Å². The topological polar surface area (TPSA) is 105 Å². The van der Waals surface area contributed by atoms with Gasteiger partial charge >= 0.3 is 11.9 Å². The second-order valence-corrected chi connectivity index (χ2v) is 6.21. The van der Waals surface area contributed by atoms with Gasteiger partial charge in [-0.15, -0.1) is 0 Å². The molecule has 0 spiro atoms. The first-order valence-corrected chi connectivity index (χ1v) is 8.11. The molecule has 0 aromatic rings. The molecule has 0 radical (unpaired) electrons. The van der Waals surface area contributed by atoms with Gasteiger partial charge in [0.1, 0.15) is 12.2 Å². The summed E-state index contributed by atoms with van der Waals surface area (Å²) in [6.07, 6.45) is -2.84. The first-order valence-electron chi connectivity index (χ1n) is 7.35. The van der Waals surface area contributed by atoms with E-state index in [1.807, 2.05) is 0 Å². The molecule has 2 aliphatic heterocycles. The maximum Gasteiger partial charge on any atom is 0.306 e. The van der Waals surface area contributed by atoms with E-state index >= 15 is 0 Å². The molecule has 0 unspecified atom stereocenters. The Hall–Kier alpha value is -1.22. The highest BCUT2D eigenvalue weighted by Gasteiger charge is 2.51. The van der Waals surface area contributed by atoms with Gasteiger partial charge in [0.2, 0.25) is 10.5 Å². The Morgan fingerprint density at radius 2 is 1.12 bits per heavy atom. The van der Waals surface area contributed by atoms with Gasteiger partial charge in [-0.05, 0) is 23.2 Å². The first kappa shape index (κ1) is 19.1. The molecule has 24 heavy (non-hydrogen) atoms. The maximum absolute atomic E-state index is 11.6. The molecule has 8 nitrogen and oxygen atoms in total. The van der Waals surface area contributed by atoms with Crippen molar-refractivity contribution in [3.8, 4) is 0 Å². The van der Waals surface area contributed by atoms with Gasteiger partial charge in [0, 0.05) is 12.8 Å². The summed E-state index contributed by atoms with van der Waals surface area (Å²) in [4.78, 5) is 44.5. The molecule has 0 bridgehead atoms. The normalized spacial score (nSPS) is 28.2. The summed E-state index contributed by atoms with van der Waals surface area (Å²) in [7, 11) is 0. The Kier molecular flexibility index (Phi) is 6.97. The van der Waals surface area contributed by atoms with E-state index in [4.69, 9.17) is 42.1 Å². The van der Waals surface area contributed by atoms with Gasteiger partial charge in [0.05, 0.1) is 26.1 Å². The van der Waals surface area contributed by atoms with E-state index in [1.165, 1.54) is 0 Å². The maximum atomic E-state index is 11.6. The number of hydrogen-bond acceptors (Lipinski definition) is 8. The van der Waals surface area contributed by atoms with Crippen LogP contribution in [0.5, 0.6) is 0 Å². The van der Waals surface area contributed by atoms with Gasteiger partial charge in [-0.3, -0.25) is 19.2 Å². The average Bonchev–Trinajstić information content (AvgIpc) is 3.07. The van der Waals surface area contributed by atoms with E-state index in [0.29, 0.717) is 0 Å². The van der Waals surface area contributed by atoms with Crippen LogP contribution in [0.4, 0.5) is 0 Å². The Bertz CT molecular complexity index is 477. The fourth-order valence-electron chi connectivity index (χ4n) is 2.49. The molecule has 2 rings (SSSR count). The van der Waals surface area contributed by atoms with Crippen LogP contribution in [0.1, 0.15) is 25.7 Å². The molecule has 0 aromatic carbocycles. The third kappa shape index (κ3) is 5.41. The predicted octanol–water partition coefficient (Wildman–Crippen LogP) is 0.699. The number of halogens is 2. The van der Waals surface area contributed by atoms with Crippen molar-refractivity contribution in [2.75, 3.05) is 13.2 Å². The zero-order chi connectivity index (χ0) is 17.7.